The molecule has 5 rings (SSSR count). The van der Waals surface area contributed by atoms with Crippen LogP contribution < -0.4 is 14.8 Å². The number of aromatic amines is 1. The molecule has 0 unspecified atom stereocenters. The summed E-state index contributed by atoms with van der Waals surface area (Å²) in [6.07, 6.45) is 1.24. The number of carbonyl (C=O) groups excluding carboxylic acids is 1. The number of benzene rings is 2. The minimum atomic E-state index is -0.121. The van der Waals surface area contributed by atoms with Gasteiger partial charge >= 0.3 is 0 Å². The molecule has 0 radical (unpaired) electrons. The van der Waals surface area contributed by atoms with Gasteiger partial charge in [0, 0.05) is 19.4 Å². The zero-order chi connectivity index (χ0) is 21.0. The summed E-state index contributed by atoms with van der Waals surface area (Å²) in [5.74, 6) is 2.88. The molecule has 0 atom stereocenters. The van der Waals surface area contributed by atoms with Crippen molar-refractivity contribution in [2.24, 2.45) is 0 Å². The fraction of sp³-hybridized carbons (Fsp3) is 0.238. The molecule has 1 amide bonds. The van der Waals surface area contributed by atoms with Gasteiger partial charge in [-0.3, -0.25) is 4.79 Å². The van der Waals surface area contributed by atoms with Crippen molar-refractivity contribution >= 4 is 28.7 Å². The monoisotopic (exact) mass is 437 g/mol. The molecule has 0 saturated heterocycles. The van der Waals surface area contributed by atoms with Gasteiger partial charge in [-0.25, -0.2) is 4.98 Å². The van der Waals surface area contributed by atoms with Crippen molar-refractivity contribution in [3.05, 3.63) is 59.7 Å². The molecular weight excluding hydrogens is 418 g/mol. The Morgan fingerprint density at radius 3 is 2.94 bits per heavy atom. The number of aryl methyl sites for hydroxylation is 2. The van der Waals surface area contributed by atoms with E-state index in [1.54, 1.807) is 0 Å². The summed E-state index contributed by atoms with van der Waals surface area (Å²) in [7, 11) is 0. The van der Waals surface area contributed by atoms with E-state index >= 15 is 0 Å². The Morgan fingerprint density at radius 2 is 2.00 bits per heavy atom. The van der Waals surface area contributed by atoms with E-state index in [1.165, 1.54) is 11.8 Å². The zero-order valence-electron chi connectivity index (χ0n) is 16.5. The van der Waals surface area contributed by atoms with Crippen LogP contribution in [0.25, 0.3) is 11.0 Å². The van der Waals surface area contributed by atoms with Crippen molar-refractivity contribution in [1.82, 2.24) is 25.5 Å². The molecule has 4 aromatic rings. The van der Waals surface area contributed by atoms with E-state index in [9.17, 15) is 4.79 Å². The summed E-state index contributed by atoms with van der Waals surface area (Å²) >= 11 is 1.21. The van der Waals surface area contributed by atoms with Crippen LogP contribution in [0.1, 0.15) is 17.3 Å². The summed E-state index contributed by atoms with van der Waals surface area (Å²) in [6, 6.07) is 13.5. The molecule has 31 heavy (non-hydrogen) atoms. The average Bonchev–Trinajstić information content (AvgIpc) is 3.53. The molecule has 1 aliphatic rings. The first-order chi connectivity index (χ1) is 15.2. The summed E-state index contributed by atoms with van der Waals surface area (Å²) in [5, 5.41) is 11.3. The van der Waals surface area contributed by atoms with Gasteiger partial charge in [-0.15, -0.1) is 10.2 Å². The maximum Gasteiger partial charge on any atom is 0.277 e. The average molecular weight is 437 g/mol. The number of rotatable bonds is 8. The zero-order valence-corrected chi connectivity index (χ0v) is 17.3. The molecule has 3 heterocycles. The van der Waals surface area contributed by atoms with E-state index in [2.05, 4.69) is 25.5 Å². The first-order valence-corrected chi connectivity index (χ1v) is 10.8. The van der Waals surface area contributed by atoms with Gasteiger partial charge in [0.15, 0.2) is 11.5 Å². The third-order valence-corrected chi connectivity index (χ3v) is 5.53. The standard InChI is InChI=1S/C21H19N5O4S/c27-19(22-10-13-5-6-16-17(9-13)29-12-28-16)11-31-21-26-25-20(30-21)8-7-18-23-14-3-1-2-4-15(14)24-18/h1-6,9H,7-8,10-12H2,(H,22,27)(H,23,24). The number of ether oxygens (including phenoxy) is 2. The van der Waals surface area contributed by atoms with Crippen LogP contribution in [0.15, 0.2) is 52.1 Å². The number of H-pyrrole nitrogens is 1. The molecule has 1 aliphatic heterocycles. The minimum absolute atomic E-state index is 0.121. The van der Waals surface area contributed by atoms with Crippen LogP contribution in [-0.4, -0.2) is 38.6 Å². The molecule has 9 nitrogen and oxygen atoms in total. The molecule has 0 saturated carbocycles. The number of hydrogen-bond donors (Lipinski definition) is 2. The smallest absolute Gasteiger partial charge is 0.277 e. The lowest BCUT2D eigenvalue weighted by Crippen LogP contribution is -2.24. The molecule has 2 N–H and O–H groups in total. The predicted octanol–water partition coefficient (Wildman–Crippen LogP) is 2.87. The number of para-hydroxylation sites is 2. The number of imidazole rings is 1. The van der Waals surface area contributed by atoms with Crippen LogP contribution in [0.2, 0.25) is 0 Å². The van der Waals surface area contributed by atoms with Crippen molar-refractivity contribution < 1.29 is 18.7 Å². The topological polar surface area (TPSA) is 115 Å². The normalized spacial score (nSPS) is 12.4. The minimum Gasteiger partial charge on any atom is -0.454 e. The quantitative estimate of drug-likeness (QED) is 0.404. The lowest BCUT2D eigenvalue weighted by Gasteiger charge is -2.05. The van der Waals surface area contributed by atoms with Crippen LogP contribution in [-0.2, 0) is 24.2 Å². The summed E-state index contributed by atoms with van der Waals surface area (Å²) < 4.78 is 16.3. The second-order valence-corrected chi connectivity index (χ2v) is 7.84. The van der Waals surface area contributed by atoms with Gasteiger partial charge in [-0.1, -0.05) is 30.0 Å². The van der Waals surface area contributed by atoms with Gasteiger partial charge in [0.05, 0.1) is 16.8 Å². The van der Waals surface area contributed by atoms with E-state index in [0.717, 1.165) is 28.2 Å². The van der Waals surface area contributed by atoms with Gasteiger partial charge in [0.1, 0.15) is 5.82 Å². The summed E-state index contributed by atoms with van der Waals surface area (Å²) in [5.41, 5.74) is 2.88. The van der Waals surface area contributed by atoms with Crippen LogP contribution in [0, 0.1) is 0 Å². The predicted molar refractivity (Wildman–Crippen MR) is 113 cm³/mol. The highest BCUT2D eigenvalue weighted by atomic mass is 32.2. The fourth-order valence-corrected chi connectivity index (χ4v) is 3.79. The maximum absolute atomic E-state index is 12.1. The number of carbonyl (C=O) groups is 1. The molecular formula is C21H19N5O4S. The van der Waals surface area contributed by atoms with Gasteiger partial charge in [-0.05, 0) is 29.8 Å². The van der Waals surface area contributed by atoms with Gasteiger partial charge in [0.25, 0.3) is 5.22 Å². The van der Waals surface area contributed by atoms with Crippen molar-refractivity contribution in [2.75, 3.05) is 12.5 Å². The first-order valence-electron chi connectivity index (χ1n) is 9.77. The molecule has 0 fully saturated rings. The third kappa shape index (κ3) is 4.64. The number of nitrogens with one attached hydrogen (secondary N) is 2. The largest absolute Gasteiger partial charge is 0.454 e. The second kappa shape index (κ2) is 8.68. The molecule has 0 bridgehead atoms. The van der Waals surface area contributed by atoms with Crippen LogP contribution in [0.3, 0.4) is 0 Å². The highest BCUT2D eigenvalue weighted by Gasteiger charge is 2.14. The number of thioether (sulfide) groups is 1. The van der Waals surface area contributed by atoms with E-state index in [0.29, 0.717) is 36.2 Å². The van der Waals surface area contributed by atoms with Crippen LogP contribution in [0.5, 0.6) is 11.5 Å². The number of fused-ring (bicyclic) bond motifs is 2. The lowest BCUT2D eigenvalue weighted by molar-refractivity contribution is -0.118. The summed E-state index contributed by atoms with van der Waals surface area (Å²) in [4.78, 5) is 20.0. The molecule has 2 aromatic carbocycles. The molecule has 10 heteroatoms. The lowest BCUT2D eigenvalue weighted by atomic mass is 10.2. The van der Waals surface area contributed by atoms with E-state index in [1.807, 2.05) is 42.5 Å². The van der Waals surface area contributed by atoms with Crippen LogP contribution in [0.4, 0.5) is 0 Å². The van der Waals surface area contributed by atoms with Gasteiger partial charge in [-0.2, -0.15) is 0 Å². The SMILES string of the molecule is O=C(CSc1nnc(CCc2nc3ccccc3[nH]2)o1)NCc1ccc2c(c1)OCO2. The van der Waals surface area contributed by atoms with Crippen molar-refractivity contribution in [3.63, 3.8) is 0 Å². The number of amides is 1. The Kier molecular flexibility index (Phi) is 5.44. The van der Waals surface area contributed by atoms with Crippen LogP contribution >= 0.6 is 11.8 Å². The van der Waals surface area contributed by atoms with Crippen molar-refractivity contribution in [3.8, 4) is 11.5 Å². The third-order valence-electron chi connectivity index (χ3n) is 4.72. The Hall–Kier alpha value is -3.53. The van der Waals surface area contributed by atoms with E-state index < -0.39 is 0 Å². The Morgan fingerprint density at radius 1 is 1.10 bits per heavy atom. The van der Waals surface area contributed by atoms with Gasteiger partial charge in [0.2, 0.25) is 18.6 Å². The Labute approximate surface area is 181 Å². The Bertz CT molecular complexity index is 1190. The Balaban J connectivity index is 1.07. The number of aromatic nitrogens is 4. The van der Waals surface area contributed by atoms with E-state index in [-0.39, 0.29) is 18.5 Å². The molecule has 2 aromatic heterocycles. The number of nitrogens with zero attached hydrogens (tertiary/aromatic N) is 3. The van der Waals surface area contributed by atoms with Crippen molar-refractivity contribution in [2.45, 2.75) is 24.6 Å². The number of hydrogen-bond acceptors (Lipinski definition) is 8. The van der Waals surface area contributed by atoms with Gasteiger partial charge < -0.3 is 24.2 Å². The first kappa shape index (κ1) is 19.4. The second-order valence-electron chi connectivity index (χ2n) is 6.92. The summed E-state index contributed by atoms with van der Waals surface area (Å²) in [6.45, 7) is 0.634. The molecule has 0 spiro atoms. The maximum atomic E-state index is 12.1. The van der Waals surface area contributed by atoms with Crippen molar-refractivity contribution in [1.29, 1.82) is 0 Å². The highest BCUT2D eigenvalue weighted by Crippen LogP contribution is 2.32. The highest BCUT2D eigenvalue weighted by molar-refractivity contribution is 7.99. The van der Waals surface area contributed by atoms with E-state index in [4.69, 9.17) is 13.9 Å². The molecule has 158 valence electrons. The fourth-order valence-electron chi connectivity index (χ4n) is 3.18. The molecule has 0 aliphatic carbocycles.